The zero-order valence-corrected chi connectivity index (χ0v) is 8.09. The monoisotopic (exact) mass is 171 g/mol. The minimum absolute atomic E-state index is 0.156. The lowest BCUT2D eigenvalue weighted by Crippen LogP contribution is -2.26. The second-order valence-electron chi connectivity index (χ2n) is 3.91. The second-order valence-corrected chi connectivity index (χ2v) is 3.91. The van der Waals surface area contributed by atoms with Gasteiger partial charge in [-0.25, -0.2) is 10.2 Å². The summed E-state index contributed by atoms with van der Waals surface area (Å²) in [4.78, 5) is 10.2. The summed E-state index contributed by atoms with van der Waals surface area (Å²) in [7, 11) is 0. The molecular weight excluding hydrogens is 154 g/mol. The summed E-state index contributed by atoms with van der Waals surface area (Å²) in [6.07, 6.45) is 1.69. The average molecular weight is 171 g/mol. The smallest absolute Gasteiger partial charge is 0.332 e. The van der Waals surface area contributed by atoms with Crippen LogP contribution in [0.5, 0.6) is 0 Å². The Bertz CT molecular complexity index is 181. The van der Waals surface area contributed by atoms with Gasteiger partial charge in [-0.05, 0) is 11.3 Å². The molecule has 0 aliphatic rings. The van der Waals surface area contributed by atoms with Gasteiger partial charge in [0, 0.05) is 6.21 Å². The zero-order valence-electron chi connectivity index (χ0n) is 8.09. The van der Waals surface area contributed by atoms with Gasteiger partial charge < -0.3 is 5.73 Å². The number of hydrogen-bond donors (Lipinski definition) is 2. The molecule has 4 nitrogen and oxygen atoms in total. The largest absolute Gasteiger partial charge is 0.350 e. The number of nitrogens with zero attached hydrogens (tertiary/aromatic N) is 1. The number of rotatable bonds is 2. The van der Waals surface area contributed by atoms with E-state index in [9.17, 15) is 4.79 Å². The van der Waals surface area contributed by atoms with Crippen molar-refractivity contribution in [2.24, 2.45) is 22.2 Å². The van der Waals surface area contributed by atoms with Crippen LogP contribution in [-0.4, -0.2) is 12.2 Å². The van der Waals surface area contributed by atoms with E-state index in [-0.39, 0.29) is 5.41 Å². The molecular formula is C8H17N3O. The molecule has 0 bridgehead atoms. The van der Waals surface area contributed by atoms with E-state index < -0.39 is 6.03 Å². The fourth-order valence-corrected chi connectivity index (χ4v) is 0.436. The van der Waals surface area contributed by atoms with E-state index >= 15 is 0 Å². The predicted molar refractivity (Wildman–Crippen MR) is 49.8 cm³/mol. The van der Waals surface area contributed by atoms with Gasteiger partial charge in [-0.1, -0.05) is 27.7 Å². The number of amides is 2. The lowest BCUT2D eigenvalue weighted by atomic mass is 9.83. The average Bonchev–Trinajstić information content (AvgIpc) is 1.84. The minimum Gasteiger partial charge on any atom is -0.350 e. The van der Waals surface area contributed by atoms with Crippen molar-refractivity contribution in [1.82, 2.24) is 5.43 Å². The highest BCUT2D eigenvalue weighted by Gasteiger charge is 2.17. The quantitative estimate of drug-likeness (QED) is 0.477. The Hall–Kier alpha value is -1.06. The van der Waals surface area contributed by atoms with Crippen LogP contribution < -0.4 is 11.2 Å². The van der Waals surface area contributed by atoms with Crippen molar-refractivity contribution in [2.45, 2.75) is 27.7 Å². The van der Waals surface area contributed by atoms with E-state index in [4.69, 9.17) is 5.73 Å². The first-order chi connectivity index (χ1) is 5.34. The second kappa shape index (κ2) is 4.09. The van der Waals surface area contributed by atoms with Gasteiger partial charge in [-0.2, -0.15) is 5.10 Å². The van der Waals surface area contributed by atoms with Gasteiger partial charge in [0.2, 0.25) is 0 Å². The lowest BCUT2D eigenvalue weighted by molar-refractivity contribution is 0.249. The van der Waals surface area contributed by atoms with Gasteiger partial charge >= 0.3 is 6.03 Å². The molecule has 12 heavy (non-hydrogen) atoms. The Morgan fingerprint density at radius 3 is 2.42 bits per heavy atom. The van der Waals surface area contributed by atoms with Crippen molar-refractivity contribution < 1.29 is 4.79 Å². The summed E-state index contributed by atoms with van der Waals surface area (Å²) < 4.78 is 0. The van der Waals surface area contributed by atoms with Crippen LogP contribution in [0, 0.1) is 11.3 Å². The minimum atomic E-state index is -0.632. The fourth-order valence-electron chi connectivity index (χ4n) is 0.436. The van der Waals surface area contributed by atoms with Crippen LogP contribution in [0.4, 0.5) is 4.79 Å². The maximum Gasteiger partial charge on any atom is 0.332 e. The predicted octanol–water partition coefficient (Wildman–Crippen LogP) is 1.32. The first-order valence-corrected chi connectivity index (χ1v) is 3.92. The molecule has 0 spiro atoms. The highest BCUT2D eigenvalue weighted by Crippen LogP contribution is 2.23. The lowest BCUT2D eigenvalue weighted by Gasteiger charge is -2.23. The molecule has 1 atom stereocenters. The third-order valence-corrected chi connectivity index (χ3v) is 1.84. The molecule has 0 fully saturated rings. The number of urea groups is 1. The Morgan fingerprint density at radius 2 is 2.08 bits per heavy atom. The van der Waals surface area contributed by atoms with Gasteiger partial charge in [-0.3, -0.25) is 0 Å². The molecule has 0 aliphatic carbocycles. The SMILES string of the molecule is CC(/C=N/NC(N)=O)C(C)(C)C. The van der Waals surface area contributed by atoms with Crippen LogP contribution in [0.1, 0.15) is 27.7 Å². The van der Waals surface area contributed by atoms with Gasteiger partial charge in [0.1, 0.15) is 0 Å². The first kappa shape index (κ1) is 10.9. The van der Waals surface area contributed by atoms with Gasteiger partial charge in [0.05, 0.1) is 0 Å². The van der Waals surface area contributed by atoms with Gasteiger partial charge in [-0.15, -0.1) is 0 Å². The van der Waals surface area contributed by atoms with E-state index in [1.165, 1.54) is 0 Å². The molecule has 0 aromatic heterocycles. The third kappa shape index (κ3) is 4.71. The summed E-state index contributed by atoms with van der Waals surface area (Å²) in [5.41, 5.74) is 7.14. The Morgan fingerprint density at radius 1 is 1.58 bits per heavy atom. The maximum absolute atomic E-state index is 10.2. The summed E-state index contributed by atoms with van der Waals surface area (Å²) in [5, 5.41) is 3.69. The normalized spacial score (nSPS) is 14.7. The molecule has 0 aromatic carbocycles. The molecule has 0 saturated carbocycles. The molecule has 0 radical (unpaired) electrons. The summed E-state index contributed by atoms with van der Waals surface area (Å²) in [5.74, 6) is 0.296. The Balaban J connectivity index is 3.92. The highest BCUT2D eigenvalue weighted by atomic mass is 16.2. The van der Waals surface area contributed by atoms with E-state index in [0.29, 0.717) is 5.92 Å². The molecule has 0 rings (SSSR count). The molecule has 3 N–H and O–H groups in total. The molecule has 2 amide bonds. The molecule has 1 unspecified atom stereocenters. The molecule has 0 saturated heterocycles. The van der Waals surface area contributed by atoms with Crippen molar-refractivity contribution in [2.75, 3.05) is 0 Å². The number of carbonyl (C=O) groups is 1. The van der Waals surface area contributed by atoms with E-state index in [0.717, 1.165) is 0 Å². The van der Waals surface area contributed by atoms with Crippen LogP contribution in [0.3, 0.4) is 0 Å². The van der Waals surface area contributed by atoms with E-state index in [1.54, 1.807) is 6.21 Å². The summed E-state index contributed by atoms with van der Waals surface area (Å²) in [6, 6.07) is -0.632. The molecule has 4 heteroatoms. The maximum atomic E-state index is 10.2. The Labute approximate surface area is 73.2 Å². The number of nitrogens with two attached hydrogens (primary N) is 1. The number of hydrazone groups is 1. The van der Waals surface area contributed by atoms with Crippen molar-refractivity contribution >= 4 is 12.2 Å². The topological polar surface area (TPSA) is 67.5 Å². The van der Waals surface area contributed by atoms with Crippen molar-refractivity contribution in [3.05, 3.63) is 0 Å². The summed E-state index contributed by atoms with van der Waals surface area (Å²) in [6.45, 7) is 8.35. The number of primary amides is 1. The van der Waals surface area contributed by atoms with E-state index in [2.05, 4.69) is 31.3 Å². The number of nitrogens with one attached hydrogen (secondary N) is 1. The third-order valence-electron chi connectivity index (χ3n) is 1.84. The Kier molecular flexibility index (Phi) is 3.73. The number of carbonyl (C=O) groups excluding carboxylic acids is 1. The van der Waals surface area contributed by atoms with Gasteiger partial charge in [0.15, 0.2) is 0 Å². The van der Waals surface area contributed by atoms with E-state index in [1.807, 2.05) is 6.92 Å². The van der Waals surface area contributed by atoms with Gasteiger partial charge in [0.25, 0.3) is 0 Å². The van der Waals surface area contributed by atoms with Crippen molar-refractivity contribution in [3.63, 3.8) is 0 Å². The number of hydrogen-bond acceptors (Lipinski definition) is 2. The van der Waals surface area contributed by atoms with Crippen LogP contribution in [0.25, 0.3) is 0 Å². The van der Waals surface area contributed by atoms with Crippen LogP contribution >= 0.6 is 0 Å². The zero-order chi connectivity index (χ0) is 9.78. The molecule has 0 aliphatic heterocycles. The highest BCUT2D eigenvalue weighted by molar-refractivity contribution is 5.73. The first-order valence-electron chi connectivity index (χ1n) is 3.92. The van der Waals surface area contributed by atoms with Crippen molar-refractivity contribution in [3.8, 4) is 0 Å². The van der Waals surface area contributed by atoms with Crippen LogP contribution in [0.2, 0.25) is 0 Å². The molecule has 70 valence electrons. The fraction of sp³-hybridized carbons (Fsp3) is 0.750. The standard InChI is InChI=1S/C8H17N3O/c1-6(8(2,3)4)5-10-11-7(9)12/h5-6H,1-4H3,(H3,9,11,12)/b10-5+. The molecule has 0 heterocycles. The van der Waals surface area contributed by atoms with Crippen molar-refractivity contribution in [1.29, 1.82) is 0 Å². The van der Waals surface area contributed by atoms with Crippen LogP contribution in [-0.2, 0) is 0 Å². The molecule has 0 aromatic rings. The summed E-state index contributed by atoms with van der Waals surface area (Å²) >= 11 is 0. The van der Waals surface area contributed by atoms with Crippen LogP contribution in [0.15, 0.2) is 5.10 Å².